The number of phenolic OH excluding ortho intramolecular Hbond substituents is 1. The van der Waals surface area contributed by atoms with Gasteiger partial charge < -0.3 is 20.4 Å². The van der Waals surface area contributed by atoms with Gasteiger partial charge in [0.15, 0.2) is 17.2 Å². The summed E-state index contributed by atoms with van der Waals surface area (Å²) in [4.78, 5) is 41.2. The molecule has 1 unspecified atom stereocenters. The lowest BCUT2D eigenvalue weighted by Crippen LogP contribution is -2.67. The van der Waals surface area contributed by atoms with Gasteiger partial charge in [0.2, 0.25) is 5.78 Å². The van der Waals surface area contributed by atoms with Crippen LogP contribution < -0.4 is 0 Å². The van der Waals surface area contributed by atoms with Crippen LogP contribution >= 0.6 is 0 Å². The molecule has 0 fully saturated rings. The third-order valence-electron chi connectivity index (χ3n) is 10.8. The Hall–Kier alpha value is -3.97. The molecule has 0 aliphatic heterocycles. The van der Waals surface area contributed by atoms with E-state index in [2.05, 4.69) is 6.58 Å². The van der Waals surface area contributed by atoms with Crippen molar-refractivity contribution >= 4 is 17.3 Å². The van der Waals surface area contributed by atoms with E-state index in [1.165, 1.54) is 0 Å². The van der Waals surface area contributed by atoms with Gasteiger partial charge in [-0.2, -0.15) is 0 Å². The minimum absolute atomic E-state index is 0.00475. The fourth-order valence-electron chi connectivity index (χ4n) is 8.86. The van der Waals surface area contributed by atoms with Crippen LogP contribution in [0.3, 0.4) is 0 Å². The summed E-state index contributed by atoms with van der Waals surface area (Å²) in [6, 6.07) is 10.1. The molecular formula is C39H46O7. The number of hydrogen-bond acceptors (Lipinski definition) is 7. The number of carbonyl (C=O) groups excluding carboxylic acids is 3. The third kappa shape index (κ3) is 4.69. The smallest absolute Gasteiger partial charge is 0.209 e. The van der Waals surface area contributed by atoms with Gasteiger partial charge in [0, 0.05) is 22.3 Å². The molecule has 3 aliphatic rings. The number of fused-ring (bicyclic) bond motifs is 3. The lowest BCUT2D eigenvalue weighted by Gasteiger charge is -2.59. The van der Waals surface area contributed by atoms with Gasteiger partial charge in [0.05, 0.1) is 5.56 Å². The molecule has 0 spiro atoms. The summed E-state index contributed by atoms with van der Waals surface area (Å²) in [6.07, 6.45) is 1.24. The number of allylic oxidation sites excluding steroid dienone is 3. The standard InChI is InChI=1S/C39H46O7/c1-19(2)26-16-25(15-22(6)14-24-12-10-21(5)11-13-24)32(41)29-27(26)17-37(8)18-38(9)30(20(3)4)33(42)28(23(7)40)35(44)39(38,46)36(45)31(37)34(29)43/h10-13,16,19-20,30,41-42,45-46H,6,14-15,17-18H2,1-5,7-9H3/t30?,37-,38-,39+/m1/s1. The van der Waals surface area contributed by atoms with Gasteiger partial charge in [0.1, 0.15) is 22.8 Å². The molecule has 0 aromatic heterocycles. The highest BCUT2D eigenvalue weighted by molar-refractivity contribution is 6.25. The Kier molecular flexibility index (Phi) is 8.04. The molecule has 46 heavy (non-hydrogen) atoms. The highest BCUT2D eigenvalue weighted by atomic mass is 16.3. The minimum Gasteiger partial charge on any atom is -0.511 e. The second kappa shape index (κ2) is 11.1. The van der Waals surface area contributed by atoms with Crippen LogP contribution in [0.5, 0.6) is 5.75 Å². The Morgan fingerprint density at radius 2 is 1.63 bits per heavy atom. The van der Waals surface area contributed by atoms with Gasteiger partial charge in [-0.1, -0.05) is 89.6 Å². The van der Waals surface area contributed by atoms with E-state index in [4.69, 9.17) is 0 Å². The number of aliphatic hydroxyl groups excluding tert-OH is 2. The van der Waals surface area contributed by atoms with Crippen molar-refractivity contribution in [3.8, 4) is 5.75 Å². The number of Topliss-reactive ketones (excluding diaryl/α,β-unsaturated/α-hetero) is 3. The largest absolute Gasteiger partial charge is 0.511 e. The zero-order chi connectivity index (χ0) is 34.3. The summed E-state index contributed by atoms with van der Waals surface area (Å²) in [5, 5.41) is 47.3. The van der Waals surface area contributed by atoms with Crippen LogP contribution in [0.25, 0.3) is 0 Å². The van der Waals surface area contributed by atoms with Gasteiger partial charge in [0.25, 0.3) is 0 Å². The zero-order valence-corrected chi connectivity index (χ0v) is 28.2. The number of aliphatic hydroxyl groups is 3. The molecule has 0 saturated heterocycles. The Balaban J connectivity index is 1.69. The molecule has 2 aromatic carbocycles. The van der Waals surface area contributed by atoms with Crippen LogP contribution in [0.4, 0.5) is 0 Å². The van der Waals surface area contributed by atoms with Crippen LogP contribution in [0.2, 0.25) is 0 Å². The van der Waals surface area contributed by atoms with E-state index in [1.807, 2.05) is 71.9 Å². The van der Waals surface area contributed by atoms with Crippen molar-refractivity contribution < 1.29 is 34.8 Å². The number of aromatic hydroxyl groups is 1. The highest BCUT2D eigenvalue weighted by Gasteiger charge is 2.71. The first-order valence-electron chi connectivity index (χ1n) is 16.1. The molecule has 4 atom stereocenters. The molecule has 0 bridgehead atoms. The summed E-state index contributed by atoms with van der Waals surface area (Å²) in [5.74, 6) is -5.08. The number of ketones is 3. The van der Waals surface area contributed by atoms with Crippen LogP contribution in [0.1, 0.15) is 99.0 Å². The number of aryl methyl sites for hydroxylation is 1. The Labute approximate surface area is 271 Å². The van der Waals surface area contributed by atoms with E-state index in [9.17, 15) is 34.8 Å². The lowest BCUT2D eigenvalue weighted by atomic mass is 9.44. The Morgan fingerprint density at radius 3 is 2.17 bits per heavy atom. The number of rotatable bonds is 7. The molecule has 3 aliphatic carbocycles. The summed E-state index contributed by atoms with van der Waals surface area (Å²) in [6.45, 7) is 18.6. The first-order chi connectivity index (χ1) is 21.3. The highest BCUT2D eigenvalue weighted by Crippen LogP contribution is 2.65. The Morgan fingerprint density at radius 1 is 1.02 bits per heavy atom. The second-order valence-electron chi connectivity index (χ2n) is 15.0. The van der Waals surface area contributed by atoms with E-state index in [0.717, 1.165) is 29.2 Å². The van der Waals surface area contributed by atoms with E-state index >= 15 is 0 Å². The number of hydrogen-bond donors (Lipinski definition) is 4. The molecule has 2 aromatic rings. The van der Waals surface area contributed by atoms with Crippen molar-refractivity contribution in [2.45, 2.75) is 92.6 Å². The van der Waals surface area contributed by atoms with Crippen molar-refractivity contribution in [3.63, 3.8) is 0 Å². The maximum atomic E-state index is 14.6. The van der Waals surface area contributed by atoms with Crippen molar-refractivity contribution in [1.29, 1.82) is 0 Å². The van der Waals surface area contributed by atoms with Crippen LogP contribution in [0.15, 0.2) is 65.1 Å². The van der Waals surface area contributed by atoms with Crippen LogP contribution in [-0.2, 0) is 28.9 Å². The van der Waals surface area contributed by atoms with Gasteiger partial charge in [-0.25, -0.2) is 0 Å². The maximum Gasteiger partial charge on any atom is 0.209 e. The van der Waals surface area contributed by atoms with Gasteiger partial charge >= 0.3 is 0 Å². The first-order valence-corrected chi connectivity index (χ1v) is 16.1. The SMILES string of the molecule is C=C(Cc1ccc(C)cc1)Cc1cc(C(C)C)c2c(c1O)C(=O)C1=C(O)[C@@]3(O)C(=O)C(C(C)=O)=C(O)C(C(C)C)[C@@]3(C)C[C@@]1(C)C2. The number of phenols is 1. The summed E-state index contributed by atoms with van der Waals surface area (Å²) < 4.78 is 0. The molecule has 7 nitrogen and oxygen atoms in total. The normalized spacial score (nSPS) is 27.6. The predicted molar refractivity (Wildman–Crippen MR) is 177 cm³/mol. The van der Waals surface area contributed by atoms with Crippen molar-refractivity contribution in [2.75, 3.05) is 0 Å². The molecule has 0 saturated carbocycles. The van der Waals surface area contributed by atoms with E-state index < -0.39 is 56.8 Å². The van der Waals surface area contributed by atoms with Gasteiger partial charge in [-0.15, -0.1) is 0 Å². The molecule has 0 radical (unpaired) electrons. The van der Waals surface area contributed by atoms with E-state index in [0.29, 0.717) is 24.0 Å². The van der Waals surface area contributed by atoms with Crippen molar-refractivity contribution in [2.24, 2.45) is 22.7 Å². The van der Waals surface area contributed by atoms with E-state index in [1.54, 1.807) is 6.92 Å². The van der Waals surface area contributed by atoms with Crippen LogP contribution in [0, 0.1) is 29.6 Å². The summed E-state index contributed by atoms with van der Waals surface area (Å²) in [7, 11) is 0. The van der Waals surface area contributed by atoms with Crippen LogP contribution in [-0.4, -0.2) is 43.4 Å². The minimum atomic E-state index is -2.63. The maximum absolute atomic E-state index is 14.6. The zero-order valence-electron chi connectivity index (χ0n) is 28.2. The quantitative estimate of drug-likeness (QED) is 0.190. The fraction of sp³-hybridized carbons (Fsp3) is 0.462. The number of benzene rings is 2. The van der Waals surface area contributed by atoms with Crippen molar-refractivity contribution in [1.82, 2.24) is 0 Å². The topological polar surface area (TPSA) is 132 Å². The average Bonchev–Trinajstić information content (AvgIpc) is 2.92. The summed E-state index contributed by atoms with van der Waals surface area (Å²) >= 11 is 0. The molecule has 0 amide bonds. The fourth-order valence-corrected chi connectivity index (χ4v) is 8.86. The van der Waals surface area contributed by atoms with Gasteiger partial charge in [-0.05, 0) is 73.6 Å². The second-order valence-corrected chi connectivity index (χ2v) is 15.0. The molecule has 5 rings (SSSR count). The third-order valence-corrected chi connectivity index (χ3v) is 10.8. The lowest BCUT2D eigenvalue weighted by molar-refractivity contribution is -0.171. The van der Waals surface area contributed by atoms with E-state index in [-0.39, 0.29) is 41.6 Å². The monoisotopic (exact) mass is 626 g/mol. The first kappa shape index (κ1) is 33.4. The molecular weight excluding hydrogens is 580 g/mol. The molecule has 7 heteroatoms. The molecule has 0 heterocycles. The van der Waals surface area contributed by atoms with Gasteiger partial charge in [-0.3, -0.25) is 14.4 Å². The summed E-state index contributed by atoms with van der Waals surface area (Å²) in [5.41, 5.74) is -0.580. The van der Waals surface area contributed by atoms with Crippen molar-refractivity contribution in [3.05, 3.63) is 98.5 Å². The molecule has 4 N–H and O–H groups in total. The Bertz CT molecular complexity index is 1750. The predicted octanol–water partition coefficient (Wildman–Crippen LogP) is 7.12. The molecule has 244 valence electrons. The average molecular weight is 627 g/mol. The number of carbonyl (C=O) groups is 3.